The summed E-state index contributed by atoms with van der Waals surface area (Å²) in [6.45, 7) is 0.110. The van der Waals surface area contributed by atoms with Gasteiger partial charge in [-0.05, 0) is 57.3 Å². The van der Waals surface area contributed by atoms with Gasteiger partial charge in [-0.1, -0.05) is 18.2 Å². The van der Waals surface area contributed by atoms with Crippen molar-refractivity contribution < 1.29 is 9.13 Å². The van der Waals surface area contributed by atoms with Gasteiger partial charge in [-0.15, -0.1) is 0 Å². The third-order valence-corrected chi connectivity index (χ3v) is 4.26. The van der Waals surface area contributed by atoms with Crippen molar-refractivity contribution in [2.45, 2.75) is 6.61 Å². The maximum Gasteiger partial charge on any atom is 0.368 e. The summed E-state index contributed by atoms with van der Waals surface area (Å²) in [5.74, 6) is -0.277. The molecule has 2 aromatic carbocycles. The number of halogens is 2. The molecule has 8 heteroatoms. The molecule has 0 saturated heterocycles. The average Bonchev–Trinajstić information content (AvgIpc) is 2.87. The number of hydrogen-bond acceptors (Lipinski definition) is 4. The highest BCUT2D eigenvalue weighted by atomic mass is 127. The molecule has 6 nitrogen and oxygen atoms in total. The molecule has 1 heterocycles. The molecule has 118 valence electrons. The summed E-state index contributed by atoms with van der Waals surface area (Å²) in [7, 11) is 1.52. The van der Waals surface area contributed by atoms with E-state index in [0.717, 1.165) is 13.8 Å². The predicted molar refractivity (Wildman–Crippen MR) is 90.0 cm³/mol. The van der Waals surface area contributed by atoms with Crippen LogP contribution in [0.2, 0.25) is 0 Å². The van der Waals surface area contributed by atoms with Crippen LogP contribution in [-0.4, -0.2) is 19.8 Å². The maximum absolute atomic E-state index is 13.7. The second-order valence-corrected chi connectivity index (χ2v) is 5.92. The molecule has 0 amide bonds. The fourth-order valence-electron chi connectivity index (χ4n) is 2.07. The lowest BCUT2D eigenvalue weighted by molar-refractivity contribution is 0.289. The van der Waals surface area contributed by atoms with Gasteiger partial charge in [0, 0.05) is 16.2 Å². The van der Waals surface area contributed by atoms with E-state index < -0.39 is 5.82 Å². The molecule has 0 atom stereocenters. The smallest absolute Gasteiger partial charge is 0.368 e. The van der Waals surface area contributed by atoms with Crippen LogP contribution in [0.4, 0.5) is 4.39 Å². The lowest BCUT2D eigenvalue weighted by atomic mass is 10.2. The first-order chi connectivity index (χ1) is 11.1. The van der Waals surface area contributed by atoms with Crippen LogP contribution in [0.3, 0.4) is 0 Å². The van der Waals surface area contributed by atoms with Crippen molar-refractivity contribution in [2.75, 3.05) is 0 Å². The van der Waals surface area contributed by atoms with E-state index in [0.29, 0.717) is 5.69 Å². The van der Waals surface area contributed by atoms with Crippen molar-refractivity contribution in [3.63, 3.8) is 0 Å². The molecule has 0 aliphatic carbocycles. The third kappa shape index (κ3) is 3.11. The Labute approximate surface area is 144 Å². The highest BCUT2D eigenvalue weighted by Crippen LogP contribution is 2.23. The molecule has 0 radical (unpaired) electrons. The van der Waals surface area contributed by atoms with Gasteiger partial charge in [0.25, 0.3) is 0 Å². The minimum absolute atomic E-state index is 0.110. The van der Waals surface area contributed by atoms with Gasteiger partial charge >= 0.3 is 5.69 Å². The first kappa shape index (κ1) is 15.7. The Kier molecular flexibility index (Phi) is 4.42. The summed E-state index contributed by atoms with van der Waals surface area (Å²) in [4.78, 5) is 12.1. The number of nitrogens with zero attached hydrogens (tertiary/aromatic N) is 4. The number of rotatable bonds is 4. The minimum Gasteiger partial charge on any atom is -0.486 e. The maximum atomic E-state index is 13.7. The van der Waals surface area contributed by atoms with Gasteiger partial charge in [0.05, 0.1) is 5.69 Å². The van der Waals surface area contributed by atoms with Gasteiger partial charge in [0.15, 0.2) is 11.6 Å². The number of aromatic nitrogens is 4. The standard InChI is InChI=1S/C15H12FIN4O2/c1-20-15(22)21(19-18-20)13-7-4-6-12(17)10(13)9-23-14-8-3-2-5-11(14)16/h2-8H,9H2,1H3. The molecule has 1 aromatic heterocycles. The summed E-state index contributed by atoms with van der Waals surface area (Å²) >= 11 is 2.14. The topological polar surface area (TPSA) is 61.9 Å². The fraction of sp³-hybridized carbons (Fsp3) is 0.133. The average molecular weight is 426 g/mol. The van der Waals surface area contributed by atoms with E-state index in [1.807, 2.05) is 12.1 Å². The summed E-state index contributed by atoms with van der Waals surface area (Å²) in [5.41, 5.74) is 0.935. The van der Waals surface area contributed by atoms with Crippen molar-refractivity contribution >= 4 is 22.6 Å². The van der Waals surface area contributed by atoms with Crippen LogP contribution in [0.1, 0.15) is 5.56 Å². The van der Waals surface area contributed by atoms with Crippen LogP contribution in [-0.2, 0) is 13.7 Å². The summed E-state index contributed by atoms with van der Waals surface area (Å²) in [6.07, 6.45) is 0. The number of tetrazole rings is 1. The molecule has 23 heavy (non-hydrogen) atoms. The zero-order valence-corrected chi connectivity index (χ0v) is 14.3. The summed E-state index contributed by atoms with van der Waals surface area (Å²) < 4.78 is 22.5. The first-order valence-electron chi connectivity index (χ1n) is 6.72. The van der Waals surface area contributed by atoms with E-state index in [-0.39, 0.29) is 18.0 Å². The van der Waals surface area contributed by atoms with Crippen LogP contribution in [0.15, 0.2) is 47.3 Å². The Bertz CT molecular complexity index is 906. The second kappa shape index (κ2) is 6.49. The summed E-state index contributed by atoms with van der Waals surface area (Å²) in [6, 6.07) is 11.6. The van der Waals surface area contributed by atoms with Crippen LogP contribution < -0.4 is 10.4 Å². The van der Waals surface area contributed by atoms with Crippen LogP contribution in [0.25, 0.3) is 5.69 Å². The third-order valence-electron chi connectivity index (χ3n) is 3.25. The largest absolute Gasteiger partial charge is 0.486 e. The molecule has 3 aromatic rings. The van der Waals surface area contributed by atoms with Crippen LogP contribution in [0.5, 0.6) is 5.75 Å². The van der Waals surface area contributed by atoms with Crippen molar-refractivity contribution in [2.24, 2.45) is 7.05 Å². The molecular formula is C15H12FIN4O2. The number of hydrogen-bond donors (Lipinski definition) is 0. The molecule has 3 rings (SSSR count). The summed E-state index contributed by atoms with van der Waals surface area (Å²) in [5, 5.41) is 7.55. The van der Waals surface area contributed by atoms with E-state index in [4.69, 9.17) is 4.74 Å². The van der Waals surface area contributed by atoms with Crippen molar-refractivity contribution in [1.82, 2.24) is 19.8 Å². The van der Waals surface area contributed by atoms with Gasteiger partial charge < -0.3 is 4.74 Å². The van der Waals surface area contributed by atoms with Gasteiger partial charge in [-0.25, -0.2) is 9.18 Å². The lowest BCUT2D eigenvalue weighted by Crippen LogP contribution is -2.23. The zero-order chi connectivity index (χ0) is 16.4. The monoisotopic (exact) mass is 426 g/mol. The Morgan fingerprint density at radius 2 is 1.96 bits per heavy atom. The van der Waals surface area contributed by atoms with Crippen LogP contribution in [0, 0.1) is 9.39 Å². The molecule has 0 aliphatic heterocycles. The molecular weight excluding hydrogens is 414 g/mol. The van der Waals surface area contributed by atoms with Crippen molar-refractivity contribution in [1.29, 1.82) is 0 Å². The van der Waals surface area contributed by atoms with Crippen LogP contribution >= 0.6 is 22.6 Å². The molecule has 0 N–H and O–H groups in total. The minimum atomic E-state index is -0.434. The SMILES string of the molecule is Cn1nnn(-c2cccc(I)c2COc2ccccc2F)c1=O. The Hall–Kier alpha value is -2.23. The number of para-hydroxylation sites is 1. The normalized spacial score (nSPS) is 10.7. The molecule has 0 fully saturated rings. The molecule has 0 saturated carbocycles. The first-order valence-corrected chi connectivity index (χ1v) is 7.80. The van der Waals surface area contributed by atoms with E-state index >= 15 is 0 Å². The van der Waals surface area contributed by atoms with Gasteiger partial charge in [-0.3, -0.25) is 0 Å². The Morgan fingerprint density at radius 1 is 1.17 bits per heavy atom. The molecule has 0 unspecified atom stereocenters. The molecule has 0 bridgehead atoms. The quantitative estimate of drug-likeness (QED) is 0.601. The van der Waals surface area contributed by atoms with E-state index in [1.165, 1.54) is 17.8 Å². The van der Waals surface area contributed by atoms with E-state index in [1.54, 1.807) is 24.3 Å². The van der Waals surface area contributed by atoms with Crippen molar-refractivity contribution in [3.05, 3.63) is 67.9 Å². The fourth-order valence-corrected chi connectivity index (χ4v) is 2.70. The second-order valence-electron chi connectivity index (χ2n) is 4.75. The van der Waals surface area contributed by atoms with Gasteiger partial charge in [-0.2, -0.15) is 9.36 Å². The zero-order valence-electron chi connectivity index (χ0n) is 12.1. The Balaban J connectivity index is 1.98. The lowest BCUT2D eigenvalue weighted by Gasteiger charge is -2.12. The van der Waals surface area contributed by atoms with Gasteiger partial charge in [0.2, 0.25) is 0 Å². The van der Waals surface area contributed by atoms with Gasteiger partial charge in [0.1, 0.15) is 6.61 Å². The highest BCUT2D eigenvalue weighted by Gasteiger charge is 2.14. The number of aryl methyl sites for hydroxylation is 1. The van der Waals surface area contributed by atoms with E-state index in [2.05, 4.69) is 33.0 Å². The van der Waals surface area contributed by atoms with Crippen molar-refractivity contribution in [3.8, 4) is 11.4 Å². The highest BCUT2D eigenvalue weighted by molar-refractivity contribution is 14.1. The van der Waals surface area contributed by atoms with E-state index in [9.17, 15) is 9.18 Å². The predicted octanol–water partition coefficient (Wildman–Crippen LogP) is 2.29. The number of ether oxygens (including phenoxy) is 1. The molecule has 0 aliphatic rings. The molecule has 0 spiro atoms. The Morgan fingerprint density at radius 3 is 2.65 bits per heavy atom. The number of benzene rings is 2.